The minimum atomic E-state index is -0.154. The molecule has 1 aliphatic heterocycles. The van der Waals surface area contributed by atoms with Crippen LogP contribution < -0.4 is 5.32 Å². The second kappa shape index (κ2) is 8.04. The lowest BCUT2D eigenvalue weighted by molar-refractivity contribution is -0.120. The van der Waals surface area contributed by atoms with Gasteiger partial charge in [0.25, 0.3) is 0 Å². The number of hydrogen-bond acceptors (Lipinski definition) is 3. The fourth-order valence-corrected chi connectivity index (χ4v) is 4.00. The fourth-order valence-electron chi connectivity index (χ4n) is 2.93. The maximum absolute atomic E-state index is 12.2. The van der Waals surface area contributed by atoms with Gasteiger partial charge in [0.15, 0.2) is 0 Å². The molecule has 25 heavy (non-hydrogen) atoms. The van der Waals surface area contributed by atoms with Crippen LogP contribution in [0.4, 0.5) is 0 Å². The predicted octanol–water partition coefficient (Wildman–Crippen LogP) is 4.31. The smallest absolute Gasteiger partial charge is 0.225 e. The Balaban J connectivity index is 1.78. The van der Waals surface area contributed by atoms with E-state index >= 15 is 0 Å². The first kappa shape index (κ1) is 17.3. The Morgan fingerprint density at radius 1 is 1.16 bits per heavy atom. The second-order valence-electron chi connectivity index (χ2n) is 6.15. The molecule has 2 aromatic rings. The van der Waals surface area contributed by atoms with Gasteiger partial charge in [0.2, 0.25) is 5.91 Å². The van der Waals surface area contributed by atoms with Gasteiger partial charge in [0.05, 0.1) is 16.7 Å². The van der Waals surface area contributed by atoms with Gasteiger partial charge in [-0.15, -0.1) is 11.8 Å². The van der Waals surface area contributed by atoms with Crippen LogP contribution in [0.3, 0.4) is 0 Å². The lowest BCUT2D eigenvalue weighted by atomic mass is 9.87. The Bertz CT molecular complexity index is 819. The number of carbonyl (C=O) groups excluding carboxylic acids is 1. The zero-order valence-corrected chi connectivity index (χ0v) is 15.0. The maximum atomic E-state index is 12.2. The Kier molecular flexibility index (Phi) is 5.57. The Morgan fingerprint density at radius 2 is 1.88 bits per heavy atom. The number of amides is 1. The van der Waals surface area contributed by atoms with E-state index in [1.807, 2.05) is 49.4 Å². The van der Waals surface area contributed by atoms with E-state index in [2.05, 4.69) is 23.5 Å². The summed E-state index contributed by atoms with van der Waals surface area (Å²) in [5.41, 5.74) is 4.12. The number of nitrogens with one attached hydrogen (secondary N) is 1. The van der Waals surface area contributed by atoms with Gasteiger partial charge in [-0.3, -0.25) is 4.79 Å². The number of nitriles is 1. The van der Waals surface area contributed by atoms with Crippen molar-refractivity contribution in [1.82, 2.24) is 5.32 Å². The number of hydrogen-bond donors (Lipinski definition) is 1. The number of nitrogens with zero attached hydrogens (tertiary/aromatic N) is 1. The van der Waals surface area contributed by atoms with Gasteiger partial charge in [0.1, 0.15) is 0 Å². The summed E-state index contributed by atoms with van der Waals surface area (Å²) in [6.45, 7) is 2.03. The highest BCUT2D eigenvalue weighted by Crippen LogP contribution is 2.36. The summed E-state index contributed by atoms with van der Waals surface area (Å²) in [4.78, 5) is 12.2. The molecule has 1 heterocycles. The molecule has 0 spiro atoms. The van der Waals surface area contributed by atoms with Crippen molar-refractivity contribution in [1.29, 1.82) is 5.26 Å². The van der Waals surface area contributed by atoms with E-state index in [0.717, 1.165) is 17.7 Å². The van der Waals surface area contributed by atoms with Crippen LogP contribution in [-0.2, 0) is 11.2 Å². The molecule has 0 fully saturated rings. The van der Waals surface area contributed by atoms with Crippen molar-refractivity contribution >= 4 is 17.7 Å². The topological polar surface area (TPSA) is 52.9 Å². The van der Waals surface area contributed by atoms with E-state index in [4.69, 9.17) is 0 Å². The minimum Gasteiger partial charge on any atom is -0.320 e. The lowest BCUT2D eigenvalue weighted by Crippen LogP contribution is -2.31. The molecule has 4 heteroatoms. The molecule has 3 nitrogen and oxygen atoms in total. The molecule has 0 radical (unpaired) electrons. The van der Waals surface area contributed by atoms with Crippen molar-refractivity contribution in [3.05, 3.63) is 81.9 Å². The minimum absolute atomic E-state index is 0.0215. The molecule has 0 aromatic heterocycles. The summed E-state index contributed by atoms with van der Waals surface area (Å²) in [5, 5.41) is 13.3. The molecule has 3 rings (SSSR count). The van der Waals surface area contributed by atoms with Gasteiger partial charge < -0.3 is 5.32 Å². The molecule has 0 saturated carbocycles. The molecular formula is C21H20N2OS. The molecule has 1 N–H and O–H groups in total. The predicted molar refractivity (Wildman–Crippen MR) is 102 cm³/mol. The van der Waals surface area contributed by atoms with E-state index in [9.17, 15) is 10.1 Å². The Labute approximate surface area is 152 Å². The van der Waals surface area contributed by atoms with Crippen LogP contribution >= 0.6 is 11.8 Å². The SMILES string of the molecule is Cc1ccc([C@H]2CC(=O)NC(SCCc3ccccc3)=C2C#N)cc1. The van der Waals surface area contributed by atoms with Crippen molar-refractivity contribution in [3.63, 3.8) is 0 Å². The zero-order chi connectivity index (χ0) is 17.6. The zero-order valence-electron chi connectivity index (χ0n) is 14.2. The average Bonchev–Trinajstić information content (AvgIpc) is 2.63. The number of rotatable bonds is 5. The number of thioether (sulfide) groups is 1. The second-order valence-corrected chi connectivity index (χ2v) is 7.26. The Hall–Kier alpha value is -2.51. The number of benzene rings is 2. The van der Waals surface area contributed by atoms with E-state index < -0.39 is 0 Å². The average molecular weight is 348 g/mol. The molecule has 1 aliphatic rings. The summed E-state index contributed by atoms with van der Waals surface area (Å²) < 4.78 is 0. The highest BCUT2D eigenvalue weighted by Gasteiger charge is 2.29. The maximum Gasteiger partial charge on any atom is 0.225 e. The molecule has 1 atom stereocenters. The summed E-state index contributed by atoms with van der Waals surface area (Å²) in [6, 6.07) is 20.6. The number of carbonyl (C=O) groups is 1. The van der Waals surface area contributed by atoms with Gasteiger partial charge >= 0.3 is 0 Å². The molecule has 2 aromatic carbocycles. The normalized spacial score (nSPS) is 17.1. The summed E-state index contributed by atoms with van der Waals surface area (Å²) >= 11 is 1.56. The van der Waals surface area contributed by atoms with E-state index in [1.165, 1.54) is 11.1 Å². The lowest BCUT2D eigenvalue weighted by Gasteiger charge is -2.25. The van der Waals surface area contributed by atoms with E-state index in [-0.39, 0.29) is 11.8 Å². The highest BCUT2D eigenvalue weighted by atomic mass is 32.2. The molecule has 0 bridgehead atoms. The monoisotopic (exact) mass is 348 g/mol. The van der Waals surface area contributed by atoms with Gasteiger partial charge in [-0.2, -0.15) is 5.26 Å². The first-order chi connectivity index (χ1) is 12.2. The summed E-state index contributed by atoms with van der Waals surface area (Å²) in [7, 11) is 0. The third-order valence-electron chi connectivity index (χ3n) is 4.32. The fraction of sp³-hybridized carbons (Fsp3) is 0.238. The molecule has 1 amide bonds. The largest absolute Gasteiger partial charge is 0.320 e. The molecular weight excluding hydrogens is 328 g/mol. The standard InChI is InChI=1S/C21H20N2OS/c1-15-7-9-17(10-8-15)18-13-20(24)23-21(19(18)14-22)25-12-11-16-5-3-2-4-6-16/h2-10,18H,11-13H2,1H3,(H,23,24)/t18-/m1/s1. The highest BCUT2D eigenvalue weighted by molar-refractivity contribution is 8.03. The van der Waals surface area contributed by atoms with E-state index in [1.54, 1.807) is 11.8 Å². The quantitative estimate of drug-likeness (QED) is 0.876. The van der Waals surface area contributed by atoms with Gasteiger partial charge in [-0.25, -0.2) is 0 Å². The van der Waals surface area contributed by atoms with Gasteiger partial charge in [-0.05, 0) is 24.5 Å². The summed E-state index contributed by atoms with van der Waals surface area (Å²) in [5.74, 6) is 0.649. The van der Waals surface area contributed by atoms with Crippen molar-refractivity contribution in [2.75, 3.05) is 5.75 Å². The van der Waals surface area contributed by atoms with Crippen LogP contribution in [0.1, 0.15) is 29.0 Å². The van der Waals surface area contributed by atoms with Crippen molar-refractivity contribution < 1.29 is 4.79 Å². The van der Waals surface area contributed by atoms with Crippen LogP contribution in [0.5, 0.6) is 0 Å². The molecule has 0 aliphatic carbocycles. The first-order valence-electron chi connectivity index (χ1n) is 8.35. The third-order valence-corrected chi connectivity index (χ3v) is 5.33. The first-order valence-corrected chi connectivity index (χ1v) is 9.33. The van der Waals surface area contributed by atoms with E-state index in [0.29, 0.717) is 17.0 Å². The third kappa shape index (κ3) is 4.32. The van der Waals surface area contributed by atoms with Crippen LogP contribution in [0, 0.1) is 18.3 Å². The van der Waals surface area contributed by atoms with Crippen molar-refractivity contribution in [3.8, 4) is 6.07 Å². The van der Waals surface area contributed by atoms with Crippen molar-refractivity contribution in [2.45, 2.75) is 25.7 Å². The van der Waals surface area contributed by atoms with Crippen LogP contribution in [0.15, 0.2) is 65.2 Å². The number of aryl methyl sites for hydroxylation is 2. The number of allylic oxidation sites excluding steroid dienone is 1. The van der Waals surface area contributed by atoms with Crippen LogP contribution in [0.2, 0.25) is 0 Å². The van der Waals surface area contributed by atoms with Crippen molar-refractivity contribution in [2.24, 2.45) is 0 Å². The molecule has 0 unspecified atom stereocenters. The molecule has 126 valence electrons. The van der Waals surface area contributed by atoms with Crippen LogP contribution in [-0.4, -0.2) is 11.7 Å². The molecule has 0 saturated heterocycles. The van der Waals surface area contributed by atoms with Gasteiger partial charge in [-0.1, -0.05) is 60.2 Å². The summed E-state index contributed by atoms with van der Waals surface area (Å²) in [6.07, 6.45) is 1.23. The van der Waals surface area contributed by atoms with Crippen LogP contribution in [0.25, 0.3) is 0 Å². The van der Waals surface area contributed by atoms with Gasteiger partial charge in [0, 0.05) is 18.1 Å². The Morgan fingerprint density at radius 3 is 2.56 bits per heavy atom.